The highest BCUT2D eigenvalue weighted by Gasteiger charge is 2.48. The third kappa shape index (κ3) is 22.4. The van der Waals surface area contributed by atoms with Crippen LogP contribution in [-0.2, 0) is 68.8 Å². The van der Waals surface area contributed by atoms with E-state index in [4.69, 9.17) is 18.9 Å². The van der Waals surface area contributed by atoms with Crippen molar-refractivity contribution in [3.63, 3.8) is 0 Å². The average Bonchev–Trinajstić information content (AvgIpc) is 1.66. The summed E-state index contributed by atoms with van der Waals surface area (Å²) in [5.41, 5.74) is 1.43. The minimum absolute atomic E-state index is 0.0578. The molecule has 532 valence electrons. The predicted octanol–water partition coefficient (Wildman–Crippen LogP) is 5.58. The SMILES string of the molecule is CC[C@H](C)C([C@@H](CC(=O)N1CCC[C@H]1[C@H](OC)[C@@H](C)C(=O)N[C@H](C)/C(=N/O)c1cccc(OC)c1)OC)N(C)C(=O)CNC(=O)C(C(C)C)N(C)C(=O)OCc1ccc(NC(=O)CNC(=O)C(NC(=O)CCCCCN2C(=O)CC(SCC3(CC(=O)O)CC3)C2=O)C(C)C)cc1. The van der Waals surface area contributed by atoms with Crippen LogP contribution in [-0.4, -0.2) is 216 Å². The van der Waals surface area contributed by atoms with E-state index in [0.717, 1.165) is 17.7 Å². The van der Waals surface area contributed by atoms with Crippen molar-refractivity contribution in [2.45, 2.75) is 187 Å². The minimum Gasteiger partial charge on any atom is -0.497 e. The fraction of sp³-hybridized carbons (Fsp3) is 0.647. The first-order chi connectivity index (χ1) is 45.5. The molecule has 27 nitrogen and oxygen atoms in total. The number of amides is 10. The molecule has 2 aromatic rings. The number of nitrogens with one attached hydrogen (secondary N) is 5. The van der Waals surface area contributed by atoms with Gasteiger partial charge in [-0.15, -0.1) is 11.8 Å². The van der Waals surface area contributed by atoms with E-state index < -0.39 is 108 Å². The molecule has 10 amide bonds. The number of rotatable bonds is 39. The molecule has 0 aromatic heterocycles. The average molecular weight is 1360 g/mol. The topological polar surface area (TPSA) is 351 Å². The molecule has 28 heteroatoms. The van der Waals surface area contributed by atoms with Gasteiger partial charge in [0.05, 0.1) is 74.5 Å². The minimum atomic E-state index is -1.05. The number of ether oxygens (including phenoxy) is 4. The number of carbonyl (C=O) groups excluding carboxylic acids is 10. The van der Waals surface area contributed by atoms with Crippen molar-refractivity contribution in [2.24, 2.45) is 34.2 Å². The third-order valence-electron chi connectivity index (χ3n) is 18.4. The molecule has 7 N–H and O–H groups in total. The van der Waals surface area contributed by atoms with Crippen molar-refractivity contribution in [2.75, 3.05) is 72.7 Å². The summed E-state index contributed by atoms with van der Waals surface area (Å²) in [5.74, 6) is -5.07. The van der Waals surface area contributed by atoms with Gasteiger partial charge in [-0.05, 0) is 98.4 Å². The number of likely N-dealkylation sites (tertiary alicyclic amines) is 2. The Labute approximate surface area is 567 Å². The summed E-state index contributed by atoms with van der Waals surface area (Å²) >= 11 is 1.36. The van der Waals surface area contributed by atoms with Gasteiger partial charge in [-0.1, -0.05) is 90.7 Å². The Kier molecular flexibility index (Phi) is 30.9. The van der Waals surface area contributed by atoms with Crippen LogP contribution in [0.25, 0.3) is 0 Å². The van der Waals surface area contributed by atoms with Gasteiger partial charge in [0, 0.05) is 71.2 Å². The van der Waals surface area contributed by atoms with Gasteiger partial charge in [0.25, 0.3) is 0 Å². The Morgan fingerprint density at radius 3 is 2.10 bits per heavy atom. The molecule has 96 heavy (non-hydrogen) atoms. The highest BCUT2D eigenvalue weighted by Crippen LogP contribution is 2.52. The Hall–Kier alpha value is -7.85. The normalized spacial score (nSPS) is 18.5. The number of nitrogens with zero attached hydrogens (tertiary/aromatic N) is 5. The number of thioether (sulfide) groups is 1. The molecule has 2 aliphatic heterocycles. The fourth-order valence-corrected chi connectivity index (χ4v) is 13.9. The van der Waals surface area contributed by atoms with E-state index in [0.29, 0.717) is 73.4 Å². The molecule has 2 aromatic carbocycles. The Bertz CT molecular complexity index is 3050. The van der Waals surface area contributed by atoms with Gasteiger partial charge in [0.1, 0.15) is 30.2 Å². The number of anilines is 1. The first-order valence-corrected chi connectivity index (χ1v) is 34.2. The molecule has 1 saturated carbocycles. The summed E-state index contributed by atoms with van der Waals surface area (Å²) in [5, 5.41) is 35.8. The predicted molar refractivity (Wildman–Crippen MR) is 359 cm³/mol. The number of likely N-dealkylation sites (N-methyl/N-ethyl adjacent to an activating group) is 2. The molecule has 2 heterocycles. The monoisotopic (exact) mass is 1360 g/mol. The Morgan fingerprint density at radius 1 is 0.812 bits per heavy atom. The van der Waals surface area contributed by atoms with Crippen LogP contribution in [0, 0.1) is 29.1 Å². The number of hydrogen-bond acceptors (Lipinski definition) is 18. The lowest BCUT2D eigenvalue weighted by Crippen LogP contribution is -2.56. The van der Waals surface area contributed by atoms with Crippen molar-refractivity contribution < 1.29 is 82.0 Å². The summed E-state index contributed by atoms with van der Waals surface area (Å²) in [6.45, 7) is 14.0. The largest absolute Gasteiger partial charge is 0.497 e. The number of oxime groups is 1. The number of hydrogen-bond donors (Lipinski definition) is 7. The van der Waals surface area contributed by atoms with Gasteiger partial charge in [0.15, 0.2) is 0 Å². The number of carboxylic acids is 1. The van der Waals surface area contributed by atoms with Gasteiger partial charge in [0.2, 0.25) is 53.2 Å². The second kappa shape index (κ2) is 37.6. The summed E-state index contributed by atoms with van der Waals surface area (Å²) in [7, 11) is 7.51. The highest BCUT2D eigenvalue weighted by molar-refractivity contribution is 8.00. The summed E-state index contributed by atoms with van der Waals surface area (Å²) in [6.07, 6.45) is 2.83. The molecule has 4 unspecified atom stereocenters. The van der Waals surface area contributed by atoms with Crippen molar-refractivity contribution in [3.8, 4) is 5.75 Å². The van der Waals surface area contributed by atoms with E-state index in [9.17, 15) is 63.1 Å². The maximum atomic E-state index is 14.4. The molecule has 3 aliphatic rings. The van der Waals surface area contributed by atoms with Gasteiger partial charge in [-0.25, -0.2) is 4.79 Å². The van der Waals surface area contributed by atoms with Crippen LogP contribution < -0.4 is 31.3 Å². The van der Waals surface area contributed by atoms with E-state index >= 15 is 0 Å². The molecule has 2 saturated heterocycles. The lowest BCUT2D eigenvalue weighted by molar-refractivity contribution is -0.146. The lowest BCUT2D eigenvalue weighted by atomic mass is 9.90. The standard InChI is InChI=1S/C68H102N10O17S/c1-14-42(6)61(50(93-12)33-54(81)77-31-19-22-49(77)62(94-13)43(7)63(86)71-44(8)59(74-91)46-20-18-21-48(32-46)92-11)75(9)56(83)37-70-65(88)60(41(4)5)76(10)67(90)95-38-45-24-26-47(27-25-45)72-53(80)36-69-64(87)58(40(2)3)73-52(79)23-16-15-17-30-78-55(82)34-51(66(78)89)96-39-68(28-29-68)35-57(84)85/h18,20-21,24-27,32,40-44,49-51,58,60-62,91H,14-17,19,22-23,28-31,33-39H2,1-13H3,(H,69,87)(H,70,88)(H,71,86)(H,72,80)(H,73,79)(H,84,85)/b74-59-/t42-,43+,44+,49-,50+,51?,58?,60?,61?,62+/m0/s1. The number of benzene rings is 2. The van der Waals surface area contributed by atoms with Gasteiger partial charge < -0.3 is 65.6 Å². The van der Waals surface area contributed by atoms with Crippen LogP contribution >= 0.6 is 11.8 Å². The quantitative estimate of drug-likeness (QED) is 0.0141. The highest BCUT2D eigenvalue weighted by atomic mass is 32.2. The number of carbonyl (C=O) groups is 11. The molecular weight excluding hydrogens is 1260 g/mol. The van der Waals surface area contributed by atoms with Crippen LogP contribution in [0.5, 0.6) is 5.75 Å². The molecule has 0 spiro atoms. The number of carboxylic acid groups (broad SMARTS) is 1. The zero-order valence-corrected chi connectivity index (χ0v) is 58.8. The maximum Gasteiger partial charge on any atom is 0.410 e. The van der Waals surface area contributed by atoms with Crippen molar-refractivity contribution in [1.82, 2.24) is 40.9 Å². The Morgan fingerprint density at radius 2 is 1.50 bits per heavy atom. The Balaban J connectivity index is 1.04. The van der Waals surface area contributed by atoms with Gasteiger partial charge in [-0.2, -0.15) is 0 Å². The summed E-state index contributed by atoms with van der Waals surface area (Å²) in [4.78, 5) is 151. The molecule has 0 bridgehead atoms. The van der Waals surface area contributed by atoms with Crippen molar-refractivity contribution in [1.29, 1.82) is 0 Å². The van der Waals surface area contributed by atoms with Crippen molar-refractivity contribution >= 4 is 88.4 Å². The van der Waals surface area contributed by atoms with Crippen LogP contribution in [0.1, 0.15) is 144 Å². The zero-order valence-electron chi connectivity index (χ0n) is 57.9. The number of aliphatic carboxylic acids is 1. The molecule has 0 radical (unpaired) electrons. The van der Waals surface area contributed by atoms with E-state index in [1.165, 1.54) is 49.9 Å². The van der Waals surface area contributed by atoms with E-state index in [2.05, 4.69) is 31.7 Å². The molecular formula is C68H102N10O17S. The second-order valence-electron chi connectivity index (χ2n) is 26.2. The van der Waals surface area contributed by atoms with Gasteiger partial charge in [-0.3, -0.25) is 57.7 Å². The molecule has 5 rings (SSSR count). The van der Waals surface area contributed by atoms with Crippen LogP contribution in [0.2, 0.25) is 0 Å². The number of unbranched alkanes of at least 4 members (excludes halogenated alkanes) is 2. The van der Waals surface area contributed by atoms with Crippen LogP contribution in [0.4, 0.5) is 10.5 Å². The third-order valence-corrected chi connectivity index (χ3v) is 20.0. The zero-order chi connectivity index (χ0) is 71.1. The first-order valence-electron chi connectivity index (χ1n) is 33.1. The number of methoxy groups -OCH3 is 3. The summed E-state index contributed by atoms with van der Waals surface area (Å²) in [6, 6.07) is 9.60. The molecule has 3 fully saturated rings. The molecule has 10 atom stereocenters. The smallest absolute Gasteiger partial charge is 0.410 e. The maximum absolute atomic E-state index is 14.4. The van der Waals surface area contributed by atoms with Crippen LogP contribution in [0.3, 0.4) is 0 Å². The van der Waals surface area contributed by atoms with E-state index in [1.54, 1.807) is 102 Å². The summed E-state index contributed by atoms with van der Waals surface area (Å²) < 4.78 is 22.9. The second-order valence-corrected chi connectivity index (χ2v) is 27.4. The van der Waals surface area contributed by atoms with Crippen molar-refractivity contribution in [3.05, 3.63) is 59.7 Å². The number of imide groups is 1. The fourth-order valence-electron chi connectivity index (χ4n) is 12.4. The van der Waals surface area contributed by atoms with Crippen LogP contribution in [0.15, 0.2) is 53.7 Å². The first kappa shape index (κ1) is 78.8. The van der Waals surface area contributed by atoms with E-state index in [1.807, 2.05) is 13.8 Å². The molecule has 1 aliphatic carbocycles. The van der Waals surface area contributed by atoms with Gasteiger partial charge >= 0.3 is 12.1 Å². The lowest BCUT2D eigenvalue weighted by Gasteiger charge is -2.39. The van der Waals surface area contributed by atoms with E-state index in [-0.39, 0.29) is 91.3 Å².